The molecule has 5 heteroatoms. The van der Waals surface area contributed by atoms with Gasteiger partial charge in [-0.15, -0.1) is 0 Å². The van der Waals surface area contributed by atoms with Crippen LogP contribution in [0.25, 0.3) is 0 Å². The maximum absolute atomic E-state index is 11.9. The van der Waals surface area contributed by atoms with Crippen molar-refractivity contribution in [2.45, 2.75) is 39.0 Å². The van der Waals surface area contributed by atoms with Gasteiger partial charge in [-0.1, -0.05) is 39.0 Å². The minimum atomic E-state index is -0.883. The highest BCUT2D eigenvalue weighted by Gasteiger charge is 2.41. The molecule has 0 radical (unpaired) electrons. The van der Waals surface area contributed by atoms with Crippen molar-refractivity contribution in [3.8, 4) is 5.75 Å². The van der Waals surface area contributed by atoms with E-state index in [0.29, 0.717) is 26.0 Å². The highest BCUT2D eigenvalue weighted by atomic mass is 16.5. The van der Waals surface area contributed by atoms with Crippen molar-refractivity contribution < 1.29 is 19.4 Å². The van der Waals surface area contributed by atoms with Crippen LogP contribution < -0.4 is 10.1 Å². The van der Waals surface area contributed by atoms with Crippen LogP contribution in [0.2, 0.25) is 0 Å². The number of aliphatic carboxylic acids is 1. The lowest BCUT2D eigenvalue weighted by atomic mass is 9.73. The van der Waals surface area contributed by atoms with Crippen LogP contribution in [0.15, 0.2) is 24.3 Å². The Balaban J connectivity index is 1.80. The minimum absolute atomic E-state index is 0.0134. The zero-order valence-corrected chi connectivity index (χ0v) is 14.0. The Labute approximate surface area is 137 Å². The van der Waals surface area contributed by atoms with E-state index in [1.165, 1.54) is 0 Å². The van der Waals surface area contributed by atoms with Gasteiger partial charge >= 0.3 is 5.97 Å². The largest absolute Gasteiger partial charge is 0.491 e. The summed E-state index contributed by atoms with van der Waals surface area (Å²) in [4.78, 5) is 22.9. The number of rotatable bonds is 6. The summed E-state index contributed by atoms with van der Waals surface area (Å²) in [6, 6.07) is 7.88. The van der Waals surface area contributed by atoms with Gasteiger partial charge in [0.15, 0.2) is 0 Å². The molecule has 0 saturated heterocycles. The fraction of sp³-hybridized carbons (Fsp3) is 0.556. The number of nitrogens with one attached hydrogen (secondary N) is 1. The molecular weight excluding hydrogens is 294 g/mol. The van der Waals surface area contributed by atoms with E-state index in [2.05, 4.69) is 26.1 Å². The van der Waals surface area contributed by atoms with E-state index in [4.69, 9.17) is 9.84 Å². The average Bonchev–Trinajstić information content (AvgIpc) is 2.41. The highest BCUT2D eigenvalue weighted by Crippen LogP contribution is 2.34. The van der Waals surface area contributed by atoms with Gasteiger partial charge in [-0.25, -0.2) is 0 Å². The molecule has 1 fully saturated rings. The predicted molar refractivity (Wildman–Crippen MR) is 87.5 cm³/mol. The zero-order chi connectivity index (χ0) is 17.0. The first-order valence-corrected chi connectivity index (χ1v) is 8.03. The highest BCUT2D eigenvalue weighted by molar-refractivity contribution is 5.86. The zero-order valence-electron chi connectivity index (χ0n) is 14.0. The van der Waals surface area contributed by atoms with Gasteiger partial charge in [0.25, 0.3) is 0 Å². The van der Waals surface area contributed by atoms with E-state index in [0.717, 1.165) is 11.3 Å². The smallest absolute Gasteiger partial charge is 0.307 e. The average molecular weight is 319 g/mol. The van der Waals surface area contributed by atoms with Gasteiger partial charge in [0.2, 0.25) is 5.91 Å². The van der Waals surface area contributed by atoms with E-state index in [1.807, 2.05) is 24.3 Å². The molecular formula is C18H25NO4. The summed E-state index contributed by atoms with van der Waals surface area (Å²) >= 11 is 0. The summed E-state index contributed by atoms with van der Waals surface area (Å²) < 4.78 is 5.79. The summed E-state index contributed by atoms with van der Waals surface area (Å²) in [6.07, 6.45) is 1.24. The third-order valence-corrected chi connectivity index (χ3v) is 4.28. The molecule has 0 aliphatic heterocycles. The molecule has 1 saturated carbocycles. The third kappa shape index (κ3) is 4.24. The van der Waals surface area contributed by atoms with Gasteiger partial charge in [0.1, 0.15) is 12.4 Å². The Morgan fingerprint density at radius 1 is 1.22 bits per heavy atom. The summed E-state index contributed by atoms with van der Waals surface area (Å²) in [5, 5.41) is 11.7. The number of carboxylic acid groups (broad SMARTS) is 1. The van der Waals surface area contributed by atoms with Gasteiger partial charge in [0, 0.05) is 0 Å². The molecule has 1 aliphatic carbocycles. The van der Waals surface area contributed by atoms with Crippen molar-refractivity contribution in [1.29, 1.82) is 0 Å². The van der Waals surface area contributed by atoms with Crippen molar-refractivity contribution in [3.05, 3.63) is 29.8 Å². The Hall–Kier alpha value is -2.04. The Bertz CT molecular complexity index is 577. The summed E-state index contributed by atoms with van der Waals surface area (Å²) in [5.74, 6) is -1.17. The molecule has 2 N–H and O–H groups in total. The fourth-order valence-electron chi connectivity index (χ4n) is 2.79. The molecule has 1 aromatic rings. The van der Waals surface area contributed by atoms with E-state index in [-0.39, 0.29) is 11.3 Å². The van der Waals surface area contributed by atoms with Crippen LogP contribution >= 0.6 is 0 Å². The first-order valence-electron chi connectivity index (χ1n) is 8.03. The molecule has 0 spiro atoms. The van der Waals surface area contributed by atoms with Crippen LogP contribution in [0, 0.1) is 11.8 Å². The van der Waals surface area contributed by atoms with E-state index >= 15 is 0 Å². The molecule has 1 aromatic carbocycles. The first-order chi connectivity index (χ1) is 10.8. The maximum Gasteiger partial charge on any atom is 0.307 e. The van der Waals surface area contributed by atoms with Crippen LogP contribution in [0.1, 0.15) is 39.2 Å². The Morgan fingerprint density at radius 3 is 2.43 bits per heavy atom. The molecule has 0 heterocycles. The third-order valence-electron chi connectivity index (χ3n) is 4.28. The number of ether oxygens (including phenoxy) is 1. The first kappa shape index (κ1) is 17.3. The fourth-order valence-corrected chi connectivity index (χ4v) is 2.79. The lowest BCUT2D eigenvalue weighted by Crippen LogP contribution is -2.44. The number of carbonyl (C=O) groups is 2. The number of carboxylic acids is 1. The standard InChI is InChI=1S/C18H25NO4/c1-18(2,3)14-6-4-5-7-15(14)23-11-10-19-16(20)12-8-9-13(12)17(21)22/h4-7,12-13H,8-11H2,1-3H3,(H,19,20)(H,21,22). The van der Waals surface area contributed by atoms with Crippen LogP contribution in [-0.4, -0.2) is 30.1 Å². The van der Waals surface area contributed by atoms with Crippen molar-refractivity contribution in [2.75, 3.05) is 13.2 Å². The lowest BCUT2D eigenvalue weighted by Gasteiger charge is -2.31. The molecule has 0 bridgehead atoms. The molecule has 1 aliphatic rings. The molecule has 2 unspecified atom stereocenters. The monoisotopic (exact) mass is 319 g/mol. The number of para-hydroxylation sites is 1. The van der Waals surface area contributed by atoms with Crippen molar-refractivity contribution in [1.82, 2.24) is 5.32 Å². The second-order valence-electron chi connectivity index (χ2n) is 7.01. The van der Waals surface area contributed by atoms with E-state index < -0.39 is 17.8 Å². The minimum Gasteiger partial charge on any atom is -0.491 e. The number of hydrogen-bond donors (Lipinski definition) is 2. The van der Waals surface area contributed by atoms with Gasteiger partial charge in [-0.05, 0) is 29.9 Å². The molecule has 23 heavy (non-hydrogen) atoms. The number of benzene rings is 1. The summed E-state index contributed by atoms with van der Waals surface area (Å²) in [7, 11) is 0. The van der Waals surface area contributed by atoms with Crippen molar-refractivity contribution in [2.24, 2.45) is 11.8 Å². The molecule has 0 aromatic heterocycles. The topological polar surface area (TPSA) is 75.6 Å². The molecule has 5 nitrogen and oxygen atoms in total. The van der Waals surface area contributed by atoms with Gasteiger partial charge < -0.3 is 15.2 Å². The molecule has 2 rings (SSSR count). The maximum atomic E-state index is 11.9. The molecule has 1 amide bonds. The van der Waals surface area contributed by atoms with Gasteiger partial charge in [-0.3, -0.25) is 9.59 Å². The van der Waals surface area contributed by atoms with Crippen molar-refractivity contribution >= 4 is 11.9 Å². The predicted octanol–water partition coefficient (Wildman–Crippen LogP) is 2.59. The van der Waals surface area contributed by atoms with E-state index in [1.54, 1.807) is 0 Å². The van der Waals surface area contributed by atoms with Crippen LogP contribution in [-0.2, 0) is 15.0 Å². The Kier molecular flexibility index (Phi) is 5.29. The second kappa shape index (κ2) is 7.02. The number of carbonyl (C=O) groups excluding carboxylic acids is 1. The quantitative estimate of drug-likeness (QED) is 0.790. The lowest BCUT2D eigenvalue weighted by molar-refractivity contribution is -0.152. The van der Waals surface area contributed by atoms with E-state index in [9.17, 15) is 9.59 Å². The molecule has 126 valence electrons. The SMILES string of the molecule is CC(C)(C)c1ccccc1OCCNC(=O)C1CCC1C(=O)O. The number of amides is 1. The van der Waals surface area contributed by atoms with Crippen LogP contribution in [0.5, 0.6) is 5.75 Å². The second-order valence-corrected chi connectivity index (χ2v) is 7.01. The van der Waals surface area contributed by atoms with Crippen molar-refractivity contribution in [3.63, 3.8) is 0 Å². The van der Waals surface area contributed by atoms with Gasteiger partial charge in [0.05, 0.1) is 18.4 Å². The van der Waals surface area contributed by atoms with Crippen LogP contribution in [0.3, 0.4) is 0 Å². The number of hydrogen-bond acceptors (Lipinski definition) is 3. The Morgan fingerprint density at radius 2 is 1.87 bits per heavy atom. The summed E-state index contributed by atoms with van der Waals surface area (Å²) in [5.41, 5.74) is 1.11. The van der Waals surface area contributed by atoms with Crippen LogP contribution in [0.4, 0.5) is 0 Å². The molecule has 2 atom stereocenters. The summed E-state index contributed by atoms with van der Waals surface area (Å²) in [6.45, 7) is 7.11. The normalized spacial score (nSPS) is 20.5. The van der Waals surface area contributed by atoms with Gasteiger partial charge in [-0.2, -0.15) is 0 Å².